The lowest BCUT2D eigenvalue weighted by molar-refractivity contribution is 0.516. The molecule has 1 N–H and O–H groups in total. The van der Waals surface area contributed by atoms with Gasteiger partial charge in [-0.3, -0.25) is 0 Å². The zero-order valence-corrected chi connectivity index (χ0v) is 13.2. The highest BCUT2D eigenvalue weighted by Gasteiger charge is 2.31. The third kappa shape index (κ3) is 4.14. The summed E-state index contributed by atoms with van der Waals surface area (Å²) in [5, 5.41) is 4.86. The molecule has 1 nitrogen and oxygen atoms in total. The average Bonchev–Trinajstić information content (AvgIpc) is 2.46. The van der Waals surface area contributed by atoms with Gasteiger partial charge in [0.05, 0.1) is 0 Å². The molecule has 4 heteroatoms. The van der Waals surface area contributed by atoms with Gasteiger partial charge in [-0.15, -0.1) is 0 Å². The van der Waals surface area contributed by atoms with Crippen molar-refractivity contribution in [2.75, 3.05) is 18.6 Å². The first-order chi connectivity index (χ1) is 9.24. The van der Waals surface area contributed by atoms with Crippen LogP contribution in [0.5, 0.6) is 0 Å². The summed E-state index contributed by atoms with van der Waals surface area (Å²) < 4.78 is 13.0. The highest BCUT2D eigenvalue weighted by Crippen LogP contribution is 2.35. The van der Waals surface area contributed by atoms with Crippen LogP contribution < -0.4 is 5.32 Å². The van der Waals surface area contributed by atoms with Gasteiger partial charge in [0, 0.05) is 28.0 Å². The third-order valence-electron chi connectivity index (χ3n) is 3.63. The maximum atomic E-state index is 13.0. The predicted molar refractivity (Wildman–Crippen MR) is 85.7 cm³/mol. The smallest absolute Gasteiger partial charge is 0.123 e. The van der Waals surface area contributed by atoms with Gasteiger partial charge in [0.15, 0.2) is 0 Å². The van der Waals surface area contributed by atoms with E-state index in [0.29, 0.717) is 11.3 Å². The lowest BCUT2D eigenvalue weighted by Gasteiger charge is -2.36. The highest BCUT2D eigenvalue weighted by molar-refractivity contribution is 8.07. The predicted octanol–water partition coefficient (Wildman–Crippen LogP) is 3.58. The van der Waals surface area contributed by atoms with Gasteiger partial charge in [-0.25, -0.2) is 4.39 Å². The van der Waals surface area contributed by atoms with Crippen molar-refractivity contribution in [3.05, 3.63) is 35.6 Å². The number of rotatable bonds is 5. The molecule has 0 aromatic heterocycles. The second kappa shape index (κ2) is 7.55. The zero-order valence-electron chi connectivity index (χ0n) is 11.6. The number of halogens is 1. The monoisotopic (exact) mass is 299 g/mol. The van der Waals surface area contributed by atoms with E-state index in [4.69, 9.17) is 0 Å². The quantitative estimate of drug-likeness (QED) is 0.892. The lowest BCUT2D eigenvalue weighted by Crippen LogP contribution is -2.44. The van der Waals surface area contributed by atoms with Crippen LogP contribution >= 0.6 is 23.5 Å². The van der Waals surface area contributed by atoms with Crippen LogP contribution in [0.25, 0.3) is 0 Å². The van der Waals surface area contributed by atoms with Crippen LogP contribution in [0, 0.1) is 5.82 Å². The van der Waals surface area contributed by atoms with Gasteiger partial charge >= 0.3 is 0 Å². The summed E-state index contributed by atoms with van der Waals surface area (Å²) in [5.74, 6) is 2.36. The largest absolute Gasteiger partial charge is 0.316 e. The first-order valence-electron chi connectivity index (χ1n) is 6.89. The molecule has 2 rings (SSSR count). The normalized spacial score (nSPS) is 25.2. The van der Waals surface area contributed by atoms with Crippen molar-refractivity contribution in [3.8, 4) is 0 Å². The molecule has 1 saturated heterocycles. The minimum absolute atomic E-state index is 0.154. The molecule has 0 spiro atoms. The third-order valence-corrected chi connectivity index (χ3v) is 7.04. The SMILES string of the molecule is CCC1SCCSC1C(Cc1ccc(F)cc1)NC. The molecule has 3 atom stereocenters. The minimum Gasteiger partial charge on any atom is -0.316 e. The summed E-state index contributed by atoms with van der Waals surface area (Å²) >= 11 is 4.20. The number of likely N-dealkylation sites (N-methyl/N-ethyl adjacent to an activating group) is 1. The fourth-order valence-electron chi connectivity index (χ4n) is 2.57. The highest BCUT2D eigenvalue weighted by atomic mass is 32.2. The van der Waals surface area contributed by atoms with Crippen molar-refractivity contribution in [1.82, 2.24) is 5.32 Å². The zero-order chi connectivity index (χ0) is 13.7. The molecule has 106 valence electrons. The van der Waals surface area contributed by atoms with Gasteiger partial charge in [-0.1, -0.05) is 19.1 Å². The van der Waals surface area contributed by atoms with Crippen LogP contribution in [0.1, 0.15) is 18.9 Å². The number of hydrogen-bond donors (Lipinski definition) is 1. The summed E-state index contributed by atoms with van der Waals surface area (Å²) in [6.07, 6.45) is 2.20. The van der Waals surface area contributed by atoms with Crippen LogP contribution in [0.2, 0.25) is 0 Å². The molecule has 1 aromatic carbocycles. The molecule has 1 aliphatic rings. The van der Waals surface area contributed by atoms with Gasteiger partial charge in [0.25, 0.3) is 0 Å². The summed E-state index contributed by atoms with van der Waals surface area (Å²) in [7, 11) is 2.04. The number of hydrogen-bond acceptors (Lipinski definition) is 3. The Bertz CT molecular complexity index is 382. The molecule has 1 aliphatic heterocycles. The fraction of sp³-hybridized carbons (Fsp3) is 0.600. The summed E-state index contributed by atoms with van der Waals surface area (Å²) in [5.41, 5.74) is 1.21. The van der Waals surface area contributed by atoms with E-state index in [2.05, 4.69) is 35.8 Å². The van der Waals surface area contributed by atoms with Gasteiger partial charge in [-0.2, -0.15) is 23.5 Å². The summed E-state index contributed by atoms with van der Waals surface area (Å²) in [6, 6.07) is 7.39. The maximum Gasteiger partial charge on any atom is 0.123 e. The standard InChI is InChI=1S/C15H22FNS2/c1-3-14-15(19-9-8-18-14)13(17-2)10-11-4-6-12(16)7-5-11/h4-7,13-15,17H,3,8-10H2,1-2H3. The van der Waals surface area contributed by atoms with Crippen LogP contribution in [-0.2, 0) is 6.42 Å². The molecule has 1 heterocycles. The van der Waals surface area contributed by atoms with Crippen molar-refractivity contribution >= 4 is 23.5 Å². The number of thioether (sulfide) groups is 2. The number of nitrogens with one attached hydrogen (secondary N) is 1. The van der Waals surface area contributed by atoms with E-state index in [9.17, 15) is 4.39 Å². The van der Waals surface area contributed by atoms with Gasteiger partial charge in [0.1, 0.15) is 5.82 Å². The molecular weight excluding hydrogens is 277 g/mol. The van der Waals surface area contributed by atoms with E-state index in [1.54, 1.807) is 12.1 Å². The Labute approximate surface area is 124 Å². The molecule has 19 heavy (non-hydrogen) atoms. The van der Waals surface area contributed by atoms with E-state index in [1.165, 1.54) is 23.5 Å². The second-order valence-corrected chi connectivity index (χ2v) is 7.51. The molecule has 0 bridgehead atoms. The van der Waals surface area contributed by atoms with Crippen molar-refractivity contribution in [2.45, 2.75) is 36.3 Å². The van der Waals surface area contributed by atoms with E-state index in [1.807, 2.05) is 19.2 Å². The summed E-state index contributed by atoms with van der Waals surface area (Å²) in [4.78, 5) is 0. The van der Waals surface area contributed by atoms with Crippen molar-refractivity contribution in [3.63, 3.8) is 0 Å². The Morgan fingerprint density at radius 1 is 1.26 bits per heavy atom. The second-order valence-electron chi connectivity index (χ2n) is 4.88. The Balaban J connectivity index is 2.04. The Morgan fingerprint density at radius 3 is 2.58 bits per heavy atom. The van der Waals surface area contributed by atoms with Crippen LogP contribution in [0.15, 0.2) is 24.3 Å². The number of benzene rings is 1. The van der Waals surface area contributed by atoms with Crippen molar-refractivity contribution < 1.29 is 4.39 Å². The molecule has 0 radical (unpaired) electrons. The van der Waals surface area contributed by atoms with Crippen LogP contribution in [-0.4, -0.2) is 35.1 Å². The van der Waals surface area contributed by atoms with Crippen LogP contribution in [0.3, 0.4) is 0 Å². The topological polar surface area (TPSA) is 12.0 Å². The van der Waals surface area contributed by atoms with Crippen LogP contribution in [0.4, 0.5) is 4.39 Å². The fourth-order valence-corrected chi connectivity index (χ4v) is 5.87. The lowest BCUT2D eigenvalue weighted by atomic mass is 10.0. The maximum absolute atomic E-state index is 13.0. The molecule has 0 saturated carbocycles. The van der Waals surface area contributed by atoms with Gasteiger partial charge in [-0.05, 0) is 37.6 Å². The van der Waals surface area contributed by atoms with E-state index < -0.39 is 0 Å². The Hall–Kier alpha value is -0.190. The Morgan fingerprint density at radius 2 is 1.95 bits per heavy atom. The first kappa shape index (κ1) is 15.2. The molecule has 0 amide bonds. The first-order valence-corrected chi connectivity index (χ1v) is 8.99. The molecular formula is C15H22FNS2. The van der Waals surface area contributed by atoms with Gasteiger partial charge < -0.3 is 5.32 Å². The van der Waals surface area contributed by atoms with E-state index in [-0.39, 0.29) is 5.82 Å². The average molecular weight is 299 g/mol. The Kier molecular flexibility index (Phi) is 6.05. The van der Waals surface area contributed by atoms with E-state index in [0.717, 1.165) is 11.7 Å². The van der Waals surface area contributed by atoms with Gasteiger partial charge in [0.2, 0.25) is 0 Å². The summed E-state index contributed by atoms with van der Waals surface area (Å²) in [6.45, 7) is 2.28. The van der Waals surface area contributed by atoms with Crippen molar-refractivity contribution in [1.29, 1.82) is 0 Å². The van der Waals surface area contributed by atoms with E-state index >= 15 is 0 Å². The minimum atomic E-state index is -0.154. The molecule has 1 aromatic rings. The molecule has 1 fully saturated rings. The molecule has 0 aliphatic carbocycles. The molecule has 3 unspecified atom stereocenters. The van der Waals surface area contributed by atoms with Crippen molar-refractivity contribution in [2.24, 2.45) is 0 Å².